The number of hydrogen-bond acceptors (Lipinski definition) is 2. The third-order valence-corrected chi connectivity index (χ3v) is 7.25. The number of halogens is 1. The second kappa shape index (κ2) is 7.33. The molecule has 4 aliphatic rings. The first-order valence-corrected chi connectivity index (χ1v) is 9.45. The van der Waals surface area contributed by atoms with E-state index in [9.17, 15) is 9.59 Å². The molecule has 5 heteroatoms. The quantitative estimate of drug-likeness (QED) is 0.735. The van der Waals surface area contributed by atoms with E-state index < -0.39 is 10.4 Å². The maximum absolute atomic E-state index is 11.3. The highest BCUT2D eigenvalue weighted by molar-refractivity contribution is 9.10. The van der Waals surface area contributed by atoms with Crippen LogP contribution in [0, 0.1) is 23.7 Å². The van der Waals surface area contributed by atoms with Crippen molar-refractivity contribution in [3.63, 3.8) is 0 Å². The molecule has 4 aliphatic carbocycles. The SMILES string of the molecule is C1C2CC3CC1CC(C2)C3.CCC(Br)(CC)C(=O)NC(N)=O. The fourth-order valence-electron chi connectivity index (χ4n) is 4.78. The fourth-order valence-corrected chi connectivity index (χ4v) is 4.88. The van der Waals surface area contributed by atoms with E-state index in [1.54, 1.807) is 38.5 Å². The summed E-state index contributed by atoms with van der Waals surface area (Å²) in [5.74, 6) is 4.33. The zero-order valence-corrected chi connectivity index (χ0v) is 15.3. The Morgan fingerprint density at radius 1 is 0.955 bits per heavy atom. The smallest absolute Gasteiger partial charge is 0.318 e. The van der Waals surface area contributed by atoms with Crippen LogP contribution in [0.4, 0.5) is 4.79 Å². The Labute approximate surface area is 142 Å². The van der Waals surface area contributed by atoms with E-state index in [-0.39, 0.29) is 5.91 Å². The van der Waals surface area contributed by atoms with E-state index in [2.05, 4.69) is 15.9 Å². The summed E-state index contributed by atoms with van der Waals surface area (Å²) in [5.41, 5.74) is 4.81. The summed E-state index contributed by atoms with van der Waals surface area (Å²) in [6, 6.07) is -0.814. The van der Waals surface area contributed by atoms with E-state index in [1.807, 2.05) is 19.2 Å². The summed E-state index contributed by atoms with van der Waals surface area (Å²) in [7, 11) is 0. The Morgan fingerprint density at radius 3 is 1.50 bits per heavy atom. The first kappa shape index (κ1) is 17.8. The lowest BCUT2D eigenvalue weighted by atomic mass is 9.56. The number of amides is 3. The Morgan fingerprint density at radius 2 is 1.27 bits per heavy atom. The number of nitrogens with two attached hydrogens (primary N) is 1. The number of primary amides is 1. The minimum Gasteiger partial charge on any atom is -0.351 e. The number of carbonyl (C=O) groups excluding carboxylic acids is 2. The van der Waals surface area contributed by atoms with Gasteiger partial charge in [-0.3, -0.25) is 10.1 Å². The van der Waals surface area contributed by atoms with Crippen LogP contribution in [0.15, 0.2) is 0 Å². The molecule has 4 rings (SSSR count). The lowest BCUT2D eigenvalue weighted by molar-refractivity contribution is -0.122. The van der Waals surface area contributed by atoms with Crippen LogP contribution in [-0.4, -0.2) is 16.3 Å². The molecule has 0 aromatic heterocycles. The van der Waals surface area contributed by atoms with Gasteiger partial charge in [-0.1, -0.05) is 29.8 Å². The van der Waals surface area contributed by atoms with Gasteiger partial charge in [-0.2, -0.15) is 0 Å². The lowest BCUT2D eigenvalue weighted by Crippen LogP contribution is -2.46. The topological polar surface area (TPSA) is 72.2 Å². The molecule has 0 radical (unpaired) electrons. The molecular formula is C17H29BrN2O2. The Balaban J connectivity index is 0.000000161. The fraction of sp³-hybridized carbons (Fsp3) is 0.882. The summed E-state index contributed by atoms with van der Waals surface area (Å²) in [6.45, 7) is 3.72. The summed E-state index contributed by atoms with van der Waals surface area (Å²) in [6.07, 6.45) is 10.9. The van der Waals surface area contributed by atoms with Crippen molar-refractivity contribution >= 4 is 27.9 Å². The average Bonchev–Trinajstić information content (AvgIpc) is 2.45. The van der Waals surface area contributed by atoms with Crippen LogP contribution in [0.3, 0.4) is 0 Å². The molecule has 3 amide bonds. The number of imide groups is 1. The van der Waals surface area contributed by atoms with Gasteiger partial charge in [-0.25, -0.2) is 4.79 Å². The van der Waals surface area contributed by atoms with Gasteiger partial charge in [0.25, 0.3) is 0 Å². The minimum absolute atomic E-state index is 0.375. The number of hydrogen-bond donors (Lipinski definition) is 2. The molecule has 126 valence electrons. The predicted molar refractivity (Wildman–Crippen MR) is 91.6 cm³/mol. The largest absolute Gasteiger partial charge is 0.351 e. The van der Waals surface area contributed by atoms with Gasteiger partial charge in [0.1, 0.15) is 4.32 Å². The van der Waals surface area contributed by atoms with Crippen molar-refractivity contribution in [1.82, 2.24) is 5.32 Å². The summed E-state index contributed by atoms with van der Waals surface area (Å²) in [4.78, 5) is 21.6. The lowest BCUT2D eigenvalue weighted by Gasteiger charge is -2.49. The standard InChI is InChI=1S/C10H16.C7H13BrN2O2/c1-7-2-9-4-8(1)5-10(3-7)6-9;1-3-7(8,4-2)5(11)10-6(9)12/h7-10H,1-6H2;3-4H2,1-2H3,(H3,9,10,11,12). The number of nitrogens with one attached hydrogen (secondary N) is 1. The molecule has 0 unspecified atom stereocenters. The van der Waals surface area contributed by atoms with Crippen LogP contribution in [-0.2, 0) is 4.79 Å². The summed E-state index contributed by atoms with van der Waals surface area (Å²) in [5, 5.41) is 2.04. The molecule has 0 aliphatic heterocycles. The van der Waals surface area contributed by atoms with Crippen LogP contribution < -0.4 is 11.1 Å². The Hall–Kier alpha value is -0.580. The van der Waals surface area contributed by atoms with Gasteiger partial charge >= 0.3 is 6.03 Å². The summed E-state index contributed by atoms with van der Waals surface area (Å²) >= 11 is 3.26. The van der Waals surface area contributed by atoms with Crippen molar-refractivity contribution < 1.29 is 9.59 Å². The first-order valence-electron chi connectivity index (χ1n) is 8.66. The predicted octanol–water partition coefficient (Wildman–Crippen LogP) is 3.97. The molecule has 4 fully saturated rings. The van der Waals surface area contributed by atoms with Gasteiger partial charge < -0.3 is 5.73 Å². The van der Waals surface area contributed by atoms with Gasteiger partial charge in [-0.15, -0.1) is 0 Å². The zero-order valence-electron chi connectivity index (χ0n) is 13.7. The van der Waals surface area contributed by atoms with E-state index in [0.717, 1.165) is 0 Å². The van der Waals surface area contributed by atoms with Crippen LogP contribution >= 0.6 is 15.9 Å². The molecule has 0 aromatic rings. The van der Waals surface area contributed by atoms with Crippen molar-refractivity contribution in [3.8, 4) is 0 Å². The zero-order chi connectivity index (χ0) is 16.3. The van der Waals surface area contributed by atoms with Crippen LogP contribution in [0.25, 0.3) is 0 Å². The molecule has 0 atom stereocenters. The van der Waals surface area contributed by atoms with E-state index >= 15 is 0 Å². The van der Waals surface area contributed by atoms with Gasteiger partial charge in [0.2, 0.25) is 5.91 Å². The average molecular weight is 373 g/mol. The molecule has 4 nitrogen and oxygen atoms in total. The highest BCUT2D eigenvalue weighted by Gasteiger charge is 2.41. The number of carbonyl (C=O) groups is 2. The third-order valence-electron chi connectivity index (χ3n) is 5.76. The maximum Gasteiger partial charge on any atom is 0.318 e. The third kappa shape index (κ3) is 4.24. The van der Waals surface area contributed by atoms with Crippen molar-refractivity contribution in [2.75, 3.05) is 0 Å². The van der Waals surface area contributed by atoms with Gasteiger partial charge in [0.15, 0.2) is 0 Å². The van der Waals surface area contributed by atoms with E-state index in [1.165, 1.54) is 23.7 Å². The van der Waals surface area contributed by atoms with Crippen molar-refractivity contribution in [2.45, 2.75) is 69.5 Å². The van der Waals surface area contributed by atoms with E-state index in [4.69, 9.17) is 5.73 Å². The number of rotatable bonds is 3. The maximum atomic E-state index is 11.3. The highest BCUT2D eigenvalue weighted by atomic mass is 79.9. The molecule has 22 heavy (non-hydrogen) atoms. The molecule has 4 saturated carbocycles. The molecule has 4 bridgehead atoms. The summed E-state index contributed by atoms with van der Waals surface area (Å²) < 4.78 is -0.665. The number of alkyl halides is 1. The monoisotopic (exact) mass is 372 g/mol. The van der Waals surface area contributed by atoms with Gasteiger partial charge in [0, 0.05) is 0 Å². The van der Waals surface area contributed by atoms with Crippen LogP contribution in [0.5, 0.6) is 0 Å². The second-order valence-corrected chi connectivity index (χ2v) is 8.89. The minimum atomic E-state index is -0.814. The molecule has 0 heterocycles. The van der Waals surface area contributed by atoms with Crippen molar-refractivity contribution in [3.05, 3.63) is 0 Å². The second-order valence-electron chi connectivity index (χ2n) is 7.37. The van der Waals surface area contributed by atoms with Crippen molar-refractivity contribution in [2.24, 2.45) is 29.4 Å². The molecule has 0 aromatic carbocycles. The van der Waals surface area contributed by atoms with E-state index in [0.29, 0.717) is 12.8 Å². The van der Waals surface area contributed by atoms with Crippen LogP contribution in [0.1, 0.15) is 65.2 Å². The first-order chi connectivity index (χ1) is 10.4. The Kier molecular flexibility index (Phi) is 5.92. The van der Waals surface area contributed by atoms with Crippen LogP contribution in [0.2, 0.25) is 0 Å². The molecule has 0 saturated heterocycles. The normalized spacial score (nSPS) is 32.1. The molecular weight excluding hydrogens is 344 g/mol. The number of urea groups is 1. The van der Waals surface area contributed by atoms with Gasteiger partial charge in [0.05, 0.1) is 0 Å². The highest BCUT2D eigenvalue weighted by Crippen LogP contribution is 2.53. The van der Waals surface area contributed by atoms with Gasteiger partial charge in [-0.05, 0) is 75.0 Å². The molecule has 0 spiro atoms. The van der Waals surface area contributed by atoms with Crippen molar-refractivity contribution in [1.29, 1.82) is 0 Å². The Bertz CT molecular complexity index is 364. The molecule has 3 N–H and O–H groups in total.